The molecule has 1 amide bonds. The summed E-state index contributed by atoms with van der Waals surface area (Å²) in [7, 11) is 0. The normalized spacial score (nSPS) is 14.6. The number of aryl methyl sites for hydroxylation is 1. The lowest BCUT2D eigenvalue weighted by molar-refractivity contribution is 0.102. The molecule has 1 heterocycles. The molecule has 1 N–H and O–H groups in total. The molecule has 3 nitrogen and oxygen atoms in total. The monoisotopic (exact) mass is 308 g/mol. The van der Waals surface area contributed by atoms with Crippen molar-refractivity contribution in [2.24, 2.45) is 0 Å². The largest absolute Gasteiger partial charge is 0.372 e. The lowest BCUT2D eigenvalue weighted by Gasteiger charge is -2.28. The van der Waals surface area contributed by atoms with E-state index in [0.29, 0.717) is 5.56 Å². The van der Waals surface area contributed by atoms with Crippen LogP contribution in [-0.4, -0.2) is 19.0 Å². The summed E-state index contributed by atoms with van der Waals surface area (Å²) >= 11 is 0. The van der Waals surface area contributed by atoms with Gasteiger partial charge in [0.1, 0.15) is 0 Å². The minimum absolute atomic E-state index is 0.0571. The van der Waals surface area contributed by atoms with Crippen LogP contribution >= 0.6 is 0 Å². The lowest BCUT2D eigenvalue weighted by atomic mass is 10.1. The first-order valence-corrected chi connectivity index (χ1v) is 8.51. The van der Waals surface area contributed by atoms with E-state index >= 15 is 0 Å². The Balaban J connectivity index is 1.63. The van der Waals surface area contributed by atoms with Crippen molar-refractivity contribution in [1.29, 1.82) is 0 Å². The zero-order chi connectivity index (χ0) is 16.1. The Hall–Kier alpha value is -2.29. The molecule has 120 valence electrons. The van der Waals surface area contributed by atoms with Crippen LogP contribution in [0, 0.1) is 0 Å². The number of anilines is 2. The molecule has 2 aromatic rings. The Bertz CT molecular complexity index is 640. The van der Waals surface area contributed by atoms with Gasteiger partial charge in [-0.1, -0.05) is 19.1 Å². The van der Waals surface area contributed by atoms with E-state index in [-0.39, 0.29) is 5.91 Å². The van der Waals surface area contributed by atoms with Gasteiger partial charge in [-0.05, 0) is 67.6 Å². The van der Waals surface area contributed by atoms with E-state index in [4.69, 9.17) is 0 Å². The number of nitrogens with zero attached hydrogens (tertiary/aromatic N) is 1. The molecular formula is C20H24N2O. The van der Waals surface area contributed by atoms with Crippen LogP contribution in [0.15, 0.2) is 48.5 Å². The van der Waals surface area contributed by atoms with Crippen molar-refractivity contribution in [1.82, 2.24) is 0 Å². The maximum absolute atomic E-state index is 12.3. The minimum Gasteiger partial charge on any atom is -0.372 e. The molecule has 0 atom stereocenters. The standard InChI is InChI=1S/C20H24N2O/c1-2-16-6-8-17(9-7-16)20(23)21-18-10-12-19(13-11-18)22-14-4-3-5-15-22/h6-13H,2-5,14-15H2,1H3,(H,21,23). The fourth-order valence-electron chi connectivity index (χ4n) is 3.00. The molecule has 0 aliphatic carbocycles. The van der Waals surface area contributed by atoms with Crippen LogP contribution in [0.1, 0.15) is 42.1 Å². The second-order valence-electron chi connectivity index (χ2n) is 6.10. The van der Waals surface area contributed by atoms with Gasteiger partial charge >= 0.3 is 0 Å². The van der Waals surface area contributed by atoms with Crippen molar-refractivity contribution < 1.29 is 4.79 Å². The summed E-state index contributed by atoms with van der Waals surface area (Å²) in [6, 6.07) is 16.0. The summed E-state index contributed by atoms with van der Waals surface area (Å²) < 4.78 is 0. The highest BCUT2D eigenvalue weighted by Crippen LogP contribution is 2.22. The van der Waals surface area contributed by atoms with Crippen LogP contribution < -0.4 is 10.2 Å². The van der Waals surface area contributed by atoms with Gasteiger partial charge in [-0.3, -0.25) is 4.79 Å². The van der Waals surface area contributed by atoms with E-state index in [0.717, 1.165) is 25.2 Å². The molecule has 0 bridgehead atoms. The summed E-state index contributed by atoms with van der Waals surface area (Å²) in [5.74, 6) is -0.0571. The predicted molar refractivity (Wildman–Crippen MR) is 96.3 cm³/mol. The molecule has 0 radical (unpaired) electrons. The van der Waals surface area contributed by atoms with Gasteiger partial charge in [0.05, 0.1) is 0 Å². The molecule has 1 aliphatic heterocycles. The van der Waals surface area contributed by atoms with Crippen LogP contribution in [0.4, 0.5) is 11.4 Å². The molecule has 0 saturated carbocycles. The molecule has 0 unspecified atom stereocenters. The lowest BCUT2D eigenvalue weighted by Crippen LogP contribution is -2.29. The van der Waals surface area contributed by atoms with E-state index in [2.05, 4.69) is 29.3 Å². The number of rotatable bonds is 4. The number of hydrogen-bond acceptors (Lipinski definition) is 2. The van der Waals surface area contributed by atoms with E-state index in [1.54, 1.807) is 0 Å². The second-order valence-corrected chi connectivity index (χ2v) is 6.10. The van der Waals surface area contributed by atoms with Gasteiger partial charge in [0.2, 0.25) is 0 Å². The van der Waals surface area contributed by atoms with Crippen molar-refractivity contribution in [3.63, 3.8) is 0 Å². The Morgan fingerprint density at radius 3 is 2.22 bits per heavy atom. The molecule has 2 aromatic carbocycles. The third-order valence-corrected chi connectivity index (χ3v) is 4.47. The van der Waals surface area contributed by atoms with Crippen LogP contribution in [-0.2, 0) is 6.42 Å². The molecule has 3 heteroatoms. The summed E-state index contributed by atoms with van der Waals surface area (Å²) in [6.45, 7) is 4.38. The van der Waals surface area contributed by atoms with Crippen molar-refractivity contribution in [2.45, 2.75) is 32.6 Å². The first-order chi connectivity index (χ1) is 11.3. The topological polar surface area (TPSA) is 32.3 Å². The summed E-state index contributed by atoms with van der Waals surface area (Å²) in [5.41, 5.74) is 4.03. The highest BCUT2D eigenvalue weighted by molar-refractivity contribution is 6.04. The molecule has 23 heavy (non-hydrogen) atoms. The molecule has 3 rings (SSSR count). The number of carbonyl (C=O) groups is 1. The first kappa shape index (κ1) is 15.6. The molecular weight excluding hydrogens is 284 g/mol. The maximum atomic E-state index is 12.3. The van der Waals surface area contributed by atoms with Gasteiger partial charge < -0.3 is 10.2 Å². The first-order valence-electron chi connectivity index (χ1n) is 8.51. The van der Waals surface area contributed by atoms with E-state index in [1.807, 2.05) is 36.4 Å². The van der Waals surface area contributed by atoms with Crippen LogP contribution in [0.25, 0.3) is 0 Å². The van der Waals surface area contributed by atoms with Crippen molar-refractivity contribution in [3.05, 3.63) is 59.7 Å². The average molecular weight is 308 g/mol. The summed E-state index contributed by atoms with van der Waals surface area (Å²) in [6.07, 6.45) is 4.86. The highest BCUT2D eigenvalue weighted by Gasteiger charge is 2.11. The fraction of sp³-hybridized carbons (Fsp3) is 0.350. The number of amides is 1. The second kappa shape index (κ2) is 7.32. The number of piperidine rings is 1. The van der Waals surface area contributed by atoms with E-state index in [1.165, 1.54) is 30.5 Å². The van der Waals surface area contributed by atoms with Crippen LogP contribution in [0.2, 0.25) is 0 Å². The molecule has 0 aromatic heterocycles. The van der Waals surface area contributed by atoms with Gasteiger partial charge in [-0.25, -0.2) is 0 Å². The van der Waals surface area contributed by atoms with E-state index < -0.39 is 0 Å². The minimum atomic E-state index is -0.0571. The maximum Gasteiger partial charge on any atom is 0.255 e. The SMILES string of the molecule is CCc1ccc(C(=O)Nc2ccc(N3CCCCC3)cc2)cc1. The molecule has 1 fully saturated rings. The Kier molecular flexibility index (Phi) is 4.96. The third-order valence-electron chi connectivity index (χ3n) is 4.47. The van der Waals surface area contributed by atoms with Gasteiger partial charge in [0, 0.05) is 30.0 Å². The van der Waals surface area contributed by atoms with Crippen LogP contribution in [0.3, 0.4) is 0 Å². The van der Waals surface area contributed by atoms with Crippen LogP contribution in [0.5, 0.6) is 0 Å². The number of carbonyl (C=O) groups excluding carboxylic acids is 1. The predicted octanol–water partition coefficient (Wildman–Crippen LogP) is 4.49. The van der Waals surface area contributed by atoms with Gasteiger partial charge in [0.25, 0.3) is 5.91 Å². The quantitative estimate of drug-likeness (QED) is 0.902. The smallest absolute Gasteiger partial charge is 0.255 e. The Morgan fingerprint density at radius 2 is 1.61 bits per heavy atom. The zero-order valence-corrected chi connectivity index (χ0v) is 13.7. The molecule has 0 spiro atoms. The number of benzene rings is 2. The van der Waals surface area contributed by atoms with E-state index in [9.17, 15) is 4.79 Å². The van der Waals surface area contributed by atoms with Gasteiger partial charge in [0.15, 0.2) is 0 Å². The molecule has 1 saturated heterocycles. The van der Waals surface area contributed by atoms with Gasteiger partial charge in [-0.15, -0.1) is 0 Å². The van der Waals surface area contributed by atoms with Crippen molar-refractivity contribution in [2.75, 3.05) is 23.3 Å². The highest BCUT2D eigenvalue weighted by atomic mass is 16.1. The Morgan fingerprint density at radius 1 is 0.957 bits per heavy atom. The fourth-order valence-corrected chi connectivity index (χ4v) is 3.00. The van der Waals surface area contributed by atoms with Gasteiger partial charge in [-0.2, -0.15) is 0 Å². The number of nitrogens with one attached hydrogen (secondary N) is 1. The summed E-state index contributed by atoms with van der Waals surface area (Å²) in [4.78, 5) is 14.7. The molecule has 1 aliphatic rings. The Labute approximate surface area is 138 Å². The van der Waals surface area contributed by atoms with Crippen molar-refractivity contribution in [3.8, 4) is 0 Å². The average Bonchev–Trinajstić information content (AvgIpc) is 2.63. The summed E-state index contributed by atoms with van der Waals surface area (Å²) in [5, 5.41) is 2.97. The zero-order valence-electron chi connectivity index (χ0n) is 13.7. The van der Waals surface area contributed by atoms with Crippen molar-refractivity contribution >= 4 is 17.3 Å². The number of hydrogen-bond donors (Lipinski definition) is 1. The third kappa shape index (κ3) is 3.92.